The van der Waals surface area contributed by atoms with Gasteiger partial charge in [0.15, 0.2) is 11.5 Å². The quantitative estimate of drug-likeness (QED) is 0.854. The molecule has 1 saturated heterocycles. The lowest BCUT2D eigenvalue weighted by Crippen LogP contribution is -2.63. The second-order valence-electron chi connectivity index (χ2n) is 5.68. The molecule has 0 bridgehead atoms. The summed E-state index contributed by atoms with van der Waals surface area (Å²) in [6, 6.07) is 4.54. The fourth-order valence-corrected chi connectivity index (χ4v) is 2.56. The first-order chi connectivity index (χ1) is 10.0. The van der Waals surface area contributed by atoms with E-state index in [2.05, 4.69) is 10.6 Å². The number of piperazine rings is 1. The lowest BCUT2D eigenvalue weighted by Gasteiger charge is -2.31. The fraction of sp³-hybridized carbons (Fsp3) is 0.467. The Balaban J connectivity index is 1.71. The van der Waals surface area contributed by atoms with Gasteiger partial charge in [0.2, 0.25) is 18.6 Å². The van der Waals surface area contributed by atoms with Crippen molar-refractivity contribution in [1.82, 2.24) is 10.6 Å². The summed E-state index contributed by atoms with van der Waals surface area (Å²) < 4.78 is 10.6. The number of carbonyl (C=O) groups excluding carboxylic acids is 2. The van der Waals surface area contributed by atoms with Crippen LogP contribution in [0.1, 0.15) is 19.4 Å². The summed E-state index contributed by atoms with van der Waals surface area (Å²) in [4.78, 5) is 24.1. The van der Waals surface area contributed by atoms with Crippen molar-refractivity contribution < 1.29 is 19.1 Å². The maximum absolute atomic E-state index is 12.1. The first-order valence-corrected chi connectivity index (χ1v) is 7.04. The molecular formula is C15H18N2O4. The molecule has 21 heavy (non-hydrogen) atoms. The van der Waals surface area contributed by atoms with Crippen LogP contribution in [0.5, 0.6) is 11.5 Å². The maximum atomic E-state index is 12.1. The molecule has 2 aliphatic rings. The second-order valence-corrected chi connectivity index (χ2v) is 5.68. The summed E-state index contributed by atoms with van der Waals surface area (Å²) in [7, 11) is 0. The van der Waals surface area contributed by atoms with Crippen LogP contribution in [0.25, 0.3) is 0 Å². The summed E-state index contributed by atoms with van der Waals surface area (Å²) in [5, 5.41) is 5.57. The predicted octanol–water partition coefficient (Wildman–Crippen LogP) is 0.597. The van der Waals surface area contributed by atoms with E-state index >= 15 is 0 Å². The van der Waals surface area contributed by atoms with Gasteiger partial charge in [0.05, 0.1) is 0 Å². The molecule has 0 radical (unpaired) electrons. The predicted molar refractivity (Wildman–Crippen MR) is 75.0 cm³/mol. The number of benzene rings is 1. The van der Waals surface area contributed by atoms with Crippen LogP contribution in [-0.4, -0.2) is 30.7 Å². The summed E-state index contributed by atoms with van der Waals surface area (Å²) >= 11 is 0. The van der Waals surface area contributed by atoms with Crippen LogP contribution in [0.15, 0.2) is 18.2 Å². The van der Waals surface area contributed by atoms with Gasteiger partial charge in [0.1, 0.15) is 12.1 Å². The van der Waals surface area contributed by atoms with E-state index in [1.165, 1.54) is 0 Å². The van der Waals surface area contributed by atoms with Crippen LogP contribution >= 0.6 is 0 Å². The molecule has 3 rings (SSSR count). The normalized spacial score (nSPS) is 24.0. The molecule has 2 heterocycles. The number of carbonyl (C=O) groups is 2. The van der Waals surface area contributed by atoms with Crippen LogP contribution < -0.4 is 20.1 Å². The van der Waals surface area contributed by atoms with Crippen molar-refractivity contribution in [2.24, 2.45) is 5.92 Å². The van der Waals surface area contributed by atoms with Crippen molar-refractivity contribution in [2.45, 2.75) is 32.4 Å². The smallest absolute Gasteiger partial charge is 0.243 e. The third-order valence-corrected chi connectivity index (χ3v) is 3.76. The molecule has 6 heteroatoms. The minimum atomic E-state index is -0.548. The van der Waals surface area contributed by atoms with Crippen molar-refractivity contribution in [3.8, 4) is 11.5 Å². The Kier molecular flexibility index (Phi) is 3.45. The van der Waals surface area contributed by atoms with Crippen molar-refractivity contribution >= 4 is 11.8 Å². The standard InChI is InChI=1S/C15H18N2O4/c1-8(2)13-15(19)16-10(14(18)17-13)5-9-3-4-11-12(6-9)21-7-20-11/h3-4,6,8,10,13H,5,7H2,1-2H3,(H,16,19)(H,17,18)/t10-,13-/m1/s1. The van der Waals surface area contributed by atoms with Crippen molar-refractivity contribution in [1.29, 1.82) is 0 Å². The zero-order chi connectivity index (χ0) is 15.0. The number of fused-ring (bicyclic) bond motifs is 1. The molecule has 0 unspecified atom stereocenters. The lowest BCUT2D eigenvalue weighted by molar-refractivity contribution is -0.137. The summed E-state index contributed by atoms with van der Waals surface area (Å²) in [5.41, 5.74) is 0.919. The van der Waals surface area contributed by atoms with Crippen LogP contribution in [0.2, 0.25) is 0 Å². The average molecular weight is 290 g/mol. The third kappa shape index (κ3) is 2.66. The molecule has 1 fully saturated rings. The fourth-order valence-electron chi connectivity index (χ4n) is 2.56. The average Bonchev–Trinajstić information content (AvgIpc) is 2.89. The molecule has 0 saturated carbocycles. The van der Waals surface area contributed by atoms with E-state index in [0.717, 1.165) is 5.56 Å². The monoisotopic (exact) mass is 290 g/mol. The molecular weight excluding hydrogens is 272 g/mol. The van der Waals surface area contributed by atoms with E-state index in [1.54, 1.807) is 0 Å². The Labute approximate surface area is 122 Å². The minimum absolute atomic E-state index is 0.0699. The van der Waals surface area contributed by atoms with E-state index in [9.17, 15) is 9.59 Å². The summed E-state index contributed by atoms with van der Waals surface area (Å²) in [6.07, 6.45) is 0.430. The highest BCUT2D eigenvalue weighted by atomic mass is 16.7. The molecule has 2 aliphatic heterocycles. The van der Waals surface area contributed by atoms with Gasteiger partial charge in [-0.1, -0.05) is 19.9 Å². The number of hydrogen-bond acceptors (Lipinski definition) is 4. The Morgan fingerprint density at radius 2 is 1.90 bits per heavy atom. The molecule has 2 amide bonds. The summed E-state index contributed by atoms with van der Waals surface area (Å²) in [6.45, 7) is 4.03. The Hall–Kier alpha value is -2.24. The van der Waals surface area contributed by atoms with Gasteiger partial charge in [-0.15, -0.1) is 0 Å². The van der Waals surface area contributed by atoms with Gasteiger partial charge in [-0.05, 0) is 23.6 Å². The van der Waals surface area contributed by atoms with Gasteiger partial charge in [0, 0.05) is 6.42 Å². The molecule has 1 aromatic carbocycles. The van der Waals surface area contributed by atoms with Crippen LogP contribution in [0.4, 0.5) is 0 Å². The molecule has 6 nitrogen and oxygen atoms in total. The van der Waals surface area contributed by atoms with E-state index in [0.29, 0.717) is 17.9 Å². The number of rotatable bonds is 3. The number of amides is 2. The third-order valence-electron chi connectivity index (χ3n) is 3.76. The van der Waals surface area contributed by atoms with Gasteiger partial charge in [-0.25, -0.2) is 0 Å². The van der Waals surface area contributed by atoms with Crippen LogP contribution in [0, 0.1) is 5.92 Å². The topological polar surface area (TPSA) is 76.7 Å². The first kappa shape index (κ1) is 13.7. The Morgan fingerprint density at radius 1 is 1.14 bits per heavy atom. The van der Waals surface area contributed by atoms with E-state index in [1.807, 2.05) is 32.0 Å². The number of nitrogens with one attached hydrogen (secondary N) is 2. The highest BCUT2D eigenvalue weighted by Crippen LogP contribution is 2.32. The molecule has 0 aromatic heterocycles. The molecule has 2 N–H and O–H groups in total. The van der Waals surface area contributed by atoms with Gasteiger partial charge in [-0.2, -0.15) is 0 Å². The molecule has 112 valence electrons. The van der Waals surface area contributed by atoms with Crippen LogP contribution in [0.3, 0.4) is 0 Å². The Morgan fingerprint density at radius 3 is 2.67 bits per heavy atom. The van der Waals surface area contributed by atoms with E-state index in [-0.39, 0.29) is 24.5 Å². The van der Waals surface area contributed by atoms with Crippen molar-refractivity contribution in [3.05, 3.63) is 23.8 Å². The molecule has 2 atom stereocenters. The Bertz CT molecular complexity index is 585. The summed E-state index contributed by atoms with van der Waals surface area (Å²) in [5.74, 6) is 1.17. The highest BCUT2D eigenvalue weighted by Gasteiger charge is 2.35. The maximum Gasteiger partial charge on any atom is 0.243 e. The van der Waals surface area contributed by atoms with Gasteiger partial charge in [0.25, 0.3) is 0 Å². The van der Waals surface area contributed by atoms with Crippen molar-refractivity contribution in [2.75, 3.05) is 6.79 Å². The second kappa shape index (κ2) is 5.27. The van der Waals surface area contributed by atoms with Crippen molar-refractivity contribution in [3.63, 3.8) is 0 Å². The van der Waals surface area contributed by atoms with E-state index < -0.39 is 12.1 Å². The number of hydrogen-bond donors (Lipinski definition) is 2. The van der Waals surface area contributed by atoms with E-state index in [4.69, 9.17) is 9.47 Å². The minimum Gasteiger partial charge on any atom is -0.454 e. The zero-order valence-electron chi connectivity index (χ0n) is 12.0. The first-order valence-electron chi connectivity index (χ1n) is 7.04. The van der Waals surface area contributed by atoms with Crippen LogP contribution in [-0.2, 0) is 16.0 Å². The molecule has 1 aromatic rings. The lowest BCUT2D eigenvalue weighted by atomic mass is 9.97. The largest absolute Gasteiger partial charge is 0.454 e. The van der Waals surface area contributed by atoms with Gasteiger partial charge in [-0.3, -0.25) is 9.59 Å². The van der Waals surface area contributed by atoms with Gasteiger partial charge >= 0.3 is 0 Å². The SMILES string of the molecule is CC(C)[C@H]1NC(=O)[C@@H](Cc2ccc3c(c2)OCO3)NC1=O. The zero-order valence-corrected chi connectivity index (χ0v) is 12.0. The number of ether oxygens (including phenoxy) is 2. The molecule has 0 spiro atoms. The van der Waals surface area contributed by atoms with Gasteiger partial charge < -0.3 is 20.1 Å². The highest BCUT2D eigenvalue weighted by molar-refractivity contribution is 5.97. The molecule has 0 aliphatic carbocycles.